The minimum atomic E-state index is -0.873. The second kappa shape index (κ2) is 6.81. The average Bonchev–Trinajstić information content (AvgIpc) is 2.96. The molecule has 5 heteroatoms. The molecule has 0 radical (unpaired) electrons. The lowest BCUT2D eigenvalue weighted by Gasteiger charge is -2.13. The molecule has 1 N–H and O–H groups in total. The molecule has 2 aromatic rings. The Hall–Kier alpha value is -2.74. The zero-order chi connectivity index (χ0) is 16.1. The number of hydrogen-bond acceptors (Lipinski definition) is 4. The van der Waals surface area contributed by atoms with Crippen molar-refractivity contribution in [2.45, 2.75) is 25.8 Å². The van der Waals surface area contributed by atoms with E-state index in [0.29, 0.717) is 16.5 Å². The first-order chi connectivity index (χ1) is 10.6. The van der Waals surface area contributed by atoms with Gasteiger partial charge in [-0.3, -0.25) is 4.79 Å². The van der Waals surface area contributed by atoms with Gasteiger partial charge in [-0.2, -0.15) is 0 Å². The number of nitrogens with one attached hydrogen (secondary N) is 1. The summed E-state index contributed by atoms with van der Waals surface area (Å²) in [4.78, 5) is 24.0. The molecule has 0 saturated heterocycles. The number of amides is 1. The van der Waals surface area contributed by atoms with Crippen molar-refractivity contribution in [1.82, 2.24) is 5.32 Å². The predicted octanol–water partition coefficient (Wildman–Crippen LogP) is 2.29. The molecular weight excluding hydrogens is 282 g/mol. The highest BCUT2D eigenvalue weighted by atomic mass is 16.5. The molecule has 0 bridgehead atoms. The number of aryl methyl sites for hydroxylation is 1. The van der Waals surface area contributed by atoms with Crippen LogP contribution in [-0.2, 0) is 16.0 Å². The Bertz CT molecular complexity index is 739. The third-order valence-corrected chi connectivity index (χ3v) is 3.40. The summed E-state index contributed by atoms with van der Waals surface area (Å²) in [5.74, 6) is 1.36. The van der Waals surface area contributed by atoms with Gasteiger partial charge in [0.1, 0.15) is 17.9 Å². The lowest BCUT2D eigenvalue weighted by molar-refractivity contribution is -0.142. The Morgan fingerprint density at radius 3 is 2.86 bits per heavy atom. The highest BCUT2D eigenvalue weighted by Gasteiger charge is 2.23. The fourth-order valence-electron chi connectivity index (χ4n) is 2.16. The van der Waals surface area contributed by atoms with Crippen molar-refractivity contribution in [1.29, 1.82) is 0 Å². The van der Waals surface area contributed by atoms with Crippen LogP contribution in [0.1, 0.15) is 29.3 Å². The van der Waals surface area contributed by atoms with Crippen molar-refractivity contribution in [3.05, 3.63) is 35.6 Å². The summed E-state index contributed by atoms with van der Waals surface area (Å²) < 4.78 is 10.0. The number of benzene rings is 1. The topological polar surface area (TPSA) is 68.5 Å². The number of rotatable bonds is 5. The maximum atomic E-state index is 12.4. The van der Waals surface area contributed by atoms with Crippen molar-refractivity contribution < 1.29 is 18.7 Å². The van der Waals surface area contributed by atoms with Crippen LogP contribution in [0.3, 0.4) is 0 Å². The fourth-order valence-corrected chi connectivity index (χ4v) is 2.16. The first-order valence-electron chi connectivity index (χ1n) is 6.93. The van der Waals surface area contributed by atoms with Gasteiger partial charge in [0.25, 0.3) is 5.91 Å². The molecule has 0 fully saturated rings. The zero-order valence-electron chi connectivity index (χ0n) is 12.5. The molecule has 5 nitrogen and oxygen atoms in total. The van der Waals surface area contributed by atoms with Gasteiger partial charge < -0.3 is 14.5 Å². The van der Waals surface area contributed by atoms with Gasteiger partial charge >= 0.3 is 5.97 Å². The predicted molar refractivity (Wildman–Crippen MR) is 82.3 cm³/mol. The van der Waals surface area contributed by atoms with E-state index < -0.39 is 17.9 Å². The molecule has 0 unspecified atom stereocenters. The van der Waals surface area contributed by atoms with Gasteiger partial charge in [0.2, 0.25) is 0 Å². The summed E-state index contributed by atoms with van der Waals surface area (Å²) in [6, 6.07) is 4.80. The Morgan fingerprint density at radius 2 is 2.23 bits per heavy atom. The van der Waals surface area contributed by atoms with E-state index in [0.717, 1.165) is 12.0 Å². The first-order valence-corrected chi connectivity index (χ1v) is 6.93. The number of methoxy groups -OCH3 is 1. The van der Waals surface area contributed by atoms with Crippen molar-refractivity contribution in [3.8, 4) is 12.3 Å². The van der Waals surface area contributed by atoms with Crippen molar-refractivity contribution in [3.63, 3.8) is 0 Å². The molecule has 1 aromatic carbocycles. The van der Waals surface area contributed by atoms with Crippen LogP contribution in [0.4, 0.5) is 0 Å². The normalized spacial score (nSPS) is 11.7. The van der Waals surface area contributed by atoms with E-state index in [-0.39, 0.29) is 6.42 Å². The Kier molecular flexibility index (Phi) is 4.84. The van der Waals surface area contributed by atoms with E-state index in [1.54, 1.807) is 0 Å². The number of fused-ring (bicyclic) bond motifs is 1. The summed E-state index contributed by atoms with van der Waals surface area (Å²) in [5.41, 5.74) is 2.08. The van der Waals surface area contributed by atoms with Gasteiger partial charge in [0.05, 0.1) is 12.7 Å². The van der Waals surface area contributed by atoms with Gasteiger partial charge in [-0.05, 0) is 24.1 Å². The van der Waals surface area contributed by atoms with Crippen LogP contribution in [0, 0.1) is 12.3 Å². The average molecular weight is 299 g/mol. The van der Waals surface area contributed by atoms with E-state index in [1.165, 1.54) is 13.4 Å². The highest BCUT2D eigenvalue weighted by Crippen LogP contribution is 2.23. The third-order valence-electron chi connectivity index (χ3n) is 3.40. The van der Waals surface area contributed by atoms with Crippen LogP contribution >= 0.6 is 0 Å². The van der Waals surface area contributed by atoms with Gasteiger partial charge in [-0.25, -0.2) is 4.79 Å². The summed E-state index contributed by atoms with van der Waals surface area (Å²) in [7, 11) is 1.25. The molecule has 0 spiro atoms. The maximum absolute atomic E-state index is 12.4. The number of hydrogen-bond donors (Lipinski definition) is 1. The van der Waals surface area contributed by atoms with Crippen molar-refractivity contribution in [2.75, 3.05) is 7.11 Å². The molecule has 1 aromatic heterocycles. The smallest absolute Gasteiger partial charge is 0.329 e. The monoisotopic (exact) mass is 299 g/mol. The molecule has 1 atom stereocenters. The van der Waals surface area contributed by atoms with Crippen LogP contribution in [0.2, 0.25) is 0 Å². The van der Waals surface area contributed by atoms with Gasteiger partial charge in [-0.1, -0.05) is 13.0 Å². The maximum Gasteiger partial charge on any atom is 0.329 e. The second-order valence-electron chi connectivity index (χ2n) is 4.79. The number of carbonyl (C=O) groups is 2. The van der Waals surface area contributed by atoms with E-state index in [9.17, 15) is 9.59 Å². The Morgan fingerprint density at radius 1 is 1.45 bits per heavy atom. The van der Waals surface area contributed by atoms with Crippen molar-refractivity contribution in [2.24, 2.45) is 0 Å². The Balaban J connectivity index is 2.29. The van der Waals surface area contributed by atoms with E-state index in [4.69, 9.17) is 10.8 Å². The standard InChI is InChI=1S/C17H17NO4/c1-4-6-14(17(20)21-3)18-16(19)13-10-22-15-8-7-11(5-2)9-12(13)15/h1,7-10,14H,5-6H2,2-3H3,(H,18,19)/t14-/m0/s1. The number of carbonyl (C=O) groups excluding carboxylic acids is 2. The third kappa shape index (κ3) is 3.12. The number of esters is 1. The minimum absolute atomic E-state index is 0.0639. The highest BCUT2D eigenvalue weighted by molar-refractivity contribution is 6.07. The molecule has 1 amide bonds. The van der Waals surface area contributed by atoms with Crippen LogP contribution in [0.25, 0.3) is 11.0 Å². The molecule has 0 saturated carbocycles. The van der Waals surface area contributed by atoms with Crippen LogP contribution in [0.15, 0.2) is 28.9 Å². The van der Waals surface area contributed by atoms with Crippen molar-refractivity contribution >= 4 is 22.8 Å². The van der Waals surface area contributed by atoms with E-state index in [2.05, 4.69) is 16.0 Å². The molecule has 1 heterocycles. The quantitative estimate of drug-likeness (QED) is 0.679. The molecule has 0 aliphatic heterocycles. The summed E-state index contributed by atoms with van der Waals surface area (Å²) >= 11 is 0. The van der Waals surface area contributed by atoms with E-state index >= 15 is 0 Å². The molecule has 2 rings (SSSR count). The van der Waals surface area contributed by atoms with Gasteiger partial charge in [0, 0.05) is 11.8 Å². The van der Waals surface area contributed by atoms with Crippen LogP contribution < -0.4 is 5.32 Å². The molecular formula is C17H17NO4. The summed E-state index contributed by atoms with van der Waals surface area (Å²) in [5, 5.41) is 3.29. The lowest BCUT2D eigenvalue weighted by atomic mass is 10.1. The van der Waals surface area contributed by atoms with Crippen LogP contribution in [0.5, 0.6) is 0 Å². The molecule has 114 valence electrons. The largest absolute Gasteiger partial charge is 0.467 e. The molecule has 0 aliphatic carbocycles. The molecule has 0 aliphatic rings. The summed E-state index contributed by atoms with van der Waals surface area (Å²) in [6.45, 7) is 2.03. The minimum Gasteiger partial charge on any atom is -0.467 e. The lowest BCUT2D eigenvalue weighted by Crippen LogP contribution is -2.41. The summed E-state index contributed by atoms with van der Waals surface area (Å²) in [6.07, 6.45) is 7.51. The number of ether oxygens (including phenoxy) is 1. The first kappa shape index (κ1) is 15.6. The number of furan rings is 1. The SMILES string of the molecule is C#CC[C@H](NC(=O)c1coc2ccc(CC)cc12)C(=O)OC. The Labute approximate surface area is 128 Å². The fraction of sp³-hybridized carbons (Fsp3) is 0.294. The van der Waals surface area contributed by atoms with Gasteiger partial charge in [-0.15, -0.1) is 12.3 Å². The van der Waals surface area contributed by atoms with Gasteiger partial charge in [0.15, 0.2) is 0 Å². The zero-order valence-corrected chi connectivity index (χ0v) is 12.5. The number of terminal acetylenes is 1. The molecule has 22 heavy (non-hydrogen) atoms. The second-order valence-corrected chi connectivity index (χ2v) is 4.79. The van der Waals surface area contributed by atoms with Crippen LogP contribution in [-0.4, -0.2) is 25.0 Å². The van der Waals surface area contributed by atoms with E-state index in [1.807, 2.05) is 25.1 Å².